The second kappa shape index (κ2) is 6.97. The minimum Gasteiger partial charge on any atom is -0.478 e. The van der Waals surface area contributed by atoms with Crippen molar-refractivity contribution in [2.75, 3.05) is 0 Å². The van der Waals surface area contributed by atoms with Gasteiger partial charge < -0.3 is 5.11 Å². The van der Waals surface area contributed by atoms with Crippen molar-refractivity contribution in [3.63, 3.8) is 0 Å². The van der Waals surface area contributed by atoms with Crippen molar-refractivity contribution in [3.05, 3.63) is 0 Å². The Bertz CT molecular complexity index is 444. The Labute approximate surface area is 132 Å². The van der Waals surface area contributed by atoms with Gasteiger partial charge in [0.05, 0.1) is 11.2 Å². The number of carboxylic acid groups (broad SMARTS) is 1. The van der Waals surface area contributed by atoms with Crippen LogP contribution in [0.1, 0.15) is 62.3 Å². The summed E-state index contributed by atoms with van der Waals surface area (Å²) in [7, 11) is 0. The third-order valence-corrected chi connectivity index (χ3v) is 1.97. The summed E-state index contributed by atoms with van der Waals surface area (Å²) in [6.45, 7) is 15.4. The average molecular weight is 316 g/mol. The molecule has 0 aliphatic rings. The molecule has 1 atom stereocenters. The minimum absolute atomic E-state index is 0.499. The van der Waals surface area contributed by atoms with E-state index in [1.165, 1.54) is 6.92 Å². The van der Waals surface area contributed by atoms with Crippen molar-refractivity contribution in [1.29, 1.82) is 0 Å². The van der Waals surface area contributed by atoms with Gasteiger partial charge in [-0.3, -0.25) is 0 Å². The lowest BCUT2D eigenvalue weighted by atomic mass is 10.1. The fourth-order valence-corrected chi connectivity index (χ4v) is 0.838. The molecule has 0 spiro atoms. The number of hydrogen-bond acceptors (Lipinski definition) is 5. The van der Waals surface area contributed by atoms with E-state index in [2.05, 4.69) is 11.8 Å². The molecule has 0 radical (unpaired) electrons. The zero-order chi connectivity index (χ0) is 17.8. The summed E-state index contributed by atoms with van der Waals surface area (Å²) >= 11 is 0. The van der Waals surface area contributed by atoms with Gasteiger partial charge in [0.2, 0.25) is 0 Å². The summed E-state index contributed by atoms with van der Waals surface area (Å²) in [5.41, 5.74) is -3.97. The first kappa shape index (κ1) is 20.9. The van der Waals surface area contributed by atoms with Crippen LogP contribution < -0.4 is 0 Å². The molecule has 0 saturated heterocycles. The standard InChI is InChI=1S/C16H28O6/c1-13(2,3)19-21-15(7,8)10-11-16(9,12(17)18)22-20-14(4,5)6/h1-9H3,(H,17,18). The third kappa shape index (κ3) is 9.00. The highest BCUT2D eigenvalue weighted by atomic mass is 17.2. The van der Waals surface area contributed by atoms with Crippen LogP contribution in [-0.4, -0.2) is 33.5 Å². The molecule has 0 rings (SSSR count). The maximum atomic E-state index is 11.4. The average Bonchev–Trinajstić information content (AvgIpc) is 2.30. The van der Waals surface area contributed by atoms with E-state index in [1.807, 2.05) is 20.8 Å². The Morgan fingerprint density at radius 2 is 1.14 bits per heavy atom. The van der Waals surface area contributed by atoms with Crippen molar-refractivity contribution in [2.24, 2.45) is 0 Å². The molecule has 6 heteroatoms. The summed E-state index contributed by atoms with van der Waals surface area (Å²) < 4.78 is 0. The summed E-state index contributed by atoms with van der Waals surface area (Å²) in [6, 6.07) is 0. The van der Waals surface area contributed by atoms with Gasteiger partial charge in [0.25, 0.3) is 5.60 Å². The largest absolute Gasteiger partial charge is 0.478 e. The Morgan fingerprint density at radius 1 is 0.727 bits per heavy atom. The maximum Gasteiger partial charge on any atom is 0.351 e. The molecule has 0 fully saturated rings. The first-order valence-electron chi connectivity index (χ1n) is 7.08. The van der Waals surface area contributed by atoms with E-state index >= 15 is 0 Å². The Hall–Kier alpha value is -1.13. The predicted octanol–water partition coefficient (Wildman–Crippen LogP) is 3.11. The van der Waals surface area contributed by atoms with Crippen LogP contribution in [0.5, 0.6) is 0 Å². The highest BCUT2D eigenvalue weighted by molar-refractivity contribution is 5.81. The fraction of sp³-hybridized carbons (Fsp3) is 0.812. The molecule has 0 aromatic heterocycles. The molecule has 1 N–H and O–H groups in total. The van der Waals surface area contributed by atoms with E-state index in [1.54, 1.807) is 34.6 Å². The lowest BCUT2D eigenvalue weighted by molar-refractivity contribution is -0.385. The monoisotopic (exact) mass is 316 g/mol. The van der Waals surface area contributed by atoms with Gasteiger partial charge in [-0.1, -0.05) is 5.92 Å². The molecule has 0 aliphatic carbocycles. The smallest absolute Gasteiger partial charge is 0.351 e. The van der Waals surface area contributed by atoms with Crippen LogP contribution in [-0.2, 0) is 24.3 Å². The SMILES string of the molecule is CC(C)(C)OOC(C)(C)C#CC(C)(OOC(C)(C)C)C(=O)O. The molecule has 0 heterocycles. The first-order chi connectivity index (χ1) is 9.56. The molecule has 1 unspecified atom stereocenters. The highest BCUT2D eigenvalue weighted by Gasteiger charge is 2.36. The number of carboxylic acids is 1. The van der Waals surface area contributed by atoms with Gasteiger partial charge in [-0.2, -0.15) is 0 Å². The van der Waals surface area contributed by atoms with Crippen molar-refractivity contribution < 1.29 is 29.5 Å². The summed E-state index contributed by atoms with van der Waals surface area (Å²) in [6.07, 6.45) is 0. The number of hydrogen-bond donors (Lipinski definition) is 1. The summed E-state index contributed by atoms with van der Waals surface area (Å²) in [4.78, 5) is 32.0. The number of carbonyl (C=O) groups is 1. The van der Waals surface area contributed by atoms with Gasteiger partial charge in [0.15, 0.2) is 5.60 Å². The van der Waals surface area contributed by atoms with E-state index < -0.39 is 28.4 Å². The van der Waals surface area contributed by atoms with Crippen LogP contribution in [0.4, 0.5) is 0 Å². The van der Waals surface area contributed by atoms with E-state index in [-0.39, 0.29) is 0 Å². The van der Waals surface area contributed by atoms with Gasteiger partial charge in [-0.05, 0) is 68.2 Å². The fourth-order valence-electron chi connectivity index (χ4n) is 0.838. The second-order valence-electron chi connectivity index (χ2n) is 7.66. The molecule has 0 aromatic rings. The van der Waals surface area contributed by atoms with Crippen molar-refractivity contribution >= 4 is 5.97 Å². The van der Waals surface area contributed by atoms with Gasteiger partial charge >= 0.3 is 5.97 Å². The van der Waals surface area contributed by atoms with E-state index in [9.17, 15) is 9.90 Å². The van der Waals surface area contributed by atoms with E-state index in [0.717, 1.165) is 0 Å². The third-order valence-electron chi connectivity index (χ3n) is 1.97. The van der Waals surface area contributed by atoms with E-state index in [0.29, 0.717) is 0 Å². The topological polar surface area (TPSA) is 74.2 Å². The van der Waals surface area contributed by atoms with Crippen LogP contribution in [0.25, 0.3) is 0 Å². The molecule has 0 aromatic carbocycles. The molecule has 0 saturated carbocycles. The van der Waals surface area contributed by atoms with Crippen molar-refractivity contribution in [1.82, 2.24) is 0 Å². The van der Waals surface area contributed by atoms with Crippen LogP contribution >= 0.6 is 0 Å². The Balaban J connectivity index is 5.06. The molecule has 128 valence electrons. The summed E-state index contributed by atoms with van der Waals surface area (Å²) in [5, 5.41) is 9.31. The maximum absolute atomic E-state index is 11.4. The van der Waals surface area contributed by atoms with E-state index in [4.69, 9.17) is 19.6 Å². The van der Waals surface area contributed by atoms with Gasteiger partial charge in [0.1, 0.15) is 0 Å². The zero-order valence-corrected chi connectivity index (χ0v) is 15.0. The Morgan fingerprint density at radius 3 is 1.50 bits per heavy atom. The molecular weight excluding hydrogens is 288 g/mol. The quantitative estimate of drug-likeness (QED) is 0.477. The van der Waals surface area contributed by atoms with Crippen molar-refractivity contribution in [2.45, 2.75) is 84.7 Å². The van der Waals surface area contributed by atoms with Gasteiger partial charge in [-0.25, -0.2) is 24.3 Å². The molecule has 0 bridgehead atoms. The highest BCUT2D eigenvalue weighted by Crippen LogP contribution is 2.19. The predicted molar refractivity (Wildman–Crippen MR) is 81.7 cm³/mol. The molecule has 6 nitrogen and oxygen atoms in total. The molecule has 0 aliphatic heterocycles. The number of aliphatic carboxylic acids is 1. The molecule has 0 amide bonds. The summed E-state index contributed by atoms with van der Waals surface area (Å²) in [5.74, 6) is 4.00. The first-order valence-corrected chi connectivity index (χ1v) is 7.08. The van der Waals surface area contributed by atoms with Gasteiger partial charge in [-0.15, -0.1) is 0 Å². The second-order valence-corrected chi connectivity index (χ2v) is 7.66. The minimum atomic E-state index is -1.81. The van der Waals surface area contributed by atoms with Crippen LogP contribution in [0, 0.1) is 11.8 Å². The lowest BCUT2D eigenvalue weighted by Gasteiger charge is -2.26. The van der Waals surface area contributed by atoms with Crippen LogP contribution in [0.3, 0.4) is 0 Å². The normalized spacial score (nSPS) is 15.7. The molecule has 22 heavy (non-hydrogen) atoms. The lowest BCUT2D eigenvalue weighted by Crippen LogP contribution is -2.40. The van der Waals surface area contributed by atoms with Crippen LogP contribution in [0.15, 0.2) is 0 Å². The Kier molecular flexibility index (Phi) is 6.61. The number of rotatable bonds is 5. The molecular formula is C16H28O6. The zero-order valence-electron chi connectivity index (χ0n) is 15.0. The van der Waals surface area contributed by atoms with Crippen LogP contribution in [0.2, 0.25) is 0 Å². The van der Waals surface area contributed by atoms with Gasteiger partial charge in [0, 0.05) is 0 Å². The van der Waals surface area contributed by atoms with Crippen molar-refractivity contribution in [3.8, 4) is 11.8 Å².